The molecule has 5 nitrogen and oxygen atoms in total. The first kappa shape index (κ1) is 9.92. The van der Waals surface area contributed by atoms with Crippen LogP contribution < -0.4 is 16.2 Å². The van der Waals surface area contributed by atoms with Crippen molar-refractivity contribution in [1.82, 2.24) is 15.6 Å². The van der Waals surface area contributed by atoms with Crippen molar-refractivity contribution in [2.45, 2.75) is 12.5 Å². The first-order chi connectivity index (χ1) is 7.27. The fourth-order valence-corrected chi connectivity index (χ4v) is 1.64. The highest BCUT2D eigenvalue weighted by molar-refractivity contribution is 5.93. The van der Waals surface area contributed by atoms with Gasteiger partial charge < -0.3 is 15.6 Å². The molecule has 2 heterocycles. The zero-order valence-electron chi connectivity index (χ0n) is 8.25. The Kier molecular flexibility index (Phi) is 2.82. The monoisotopic (exact) mass is 207 g/mol. The number of hydrogen-bond donors (Lipinski definition) is 3. The lowest BCUT2D eigenvalue weighted by Crippen LogP contribution is -2.38. The van der Waals surface area contributed by atoms with Gasteiger partial charge in [-0.25, -0.2) is 0 Å². The van der Waals surface area contributed by atoms with E-state index in [-0.39, 0.29) is 23.1 Å². The van der Waals surface area contributed by atoms with Crippen molar-refractivity contribution >= 4 is 5.91 Å². The van der Waals surface area contributed by atoms with E-state index in [4.69, 9.17) is 0 Å². The van der Waals surface area contributed by atoms with Gasteiger partial charge in [0, 0.05) is 18.8 Å². The van der Waals surface area contributed by atoms with Crippen molar-refractivity contribution in [2.24, 2.45) is 0 Å². The standard InChI is InChI=1S/C10H13N3O2/c14-9-8(2-1-4-12-9)10(15)13-7-3-5-11-6-7/h1-2,4,7,11H,3,5-6H2,(H,12,14)(H,13,15). The Hall–Kier alpha value is -1.62. The van der Waals surface area contributed by atoms with Gasteiger partial charge in [-0.3, -0.25) is 9.59 Å². The average molecular weight is 207 g/mol. The Labute approximate surface area is 86.9 Å². The van der Waals surface area contributed by atoms with E-state index in [1.54, 1.807) is 6.07 Å². The van der Waals surface area contributed by atoms with Crippen LogP contribution in [0.3, 0.4) is 0 Å². The van der Waals surface area contributed by atoms with E-state index in [0.29, 0.717) is 0 Å². The smallest absolute Gasteiger partial charge is 0.260 e. The minimum absolute atomic E-state index is 0.136. The summed E-state index contributed by atoms with van der Waals surface area (Å²) in [5.74, 6) is -0.300. The number of carbonyl (C=O) groups is 1. The number of carbonyl (C=O) groups excluding carboxylic acids is 1. The third kappa shape index (κ3) is 2.24. The zero-order chi connectivity index (χ0) is 10.7. The topological polar surface area (TPSA) is 74.0 Å². The first-order valence-corrected chi connectivity index (χ1v) is 4.96. The Balaban J connectivity index is 2.07. The molecule has 1 unspecified atom stereocenters. The lowest BCUT2D eigenvalue weighted by Gasteiger charge is -2.10. The third-order valence-corrected chi connectivity index (χ3v) is 2.46. The molecule has 1 fully saturated rings. The Morgan fingerprint density at radius 3 is 3.07 bits per heavy atom. The summed E-state index contributed by atoms with van der Waals surface area (Å²) in [4.78, 5) is 25.4. The second kappa shape index (κ2) is 4.27. The first-order valence-electron chi connectivity index (χ1n) is 4.96. The summed E-state index contributed by atoms with van der Waals surface area (Å²) in [6.07, 6.45) is 2.42. The predicted molar refractivity (Wildman–Crippen MR) is 55.8 cm³/mol. The van der Waals surface area contributed by atoms with E-state index in [1.165, 1.54) is 12.3 Å². The summed E-state index contributed by atoms with van der Waals surface area (Å²) in [5.41, 5.74) is -0.176. The van der Waals surface area contributed by atoms with Gasteiger partial charge in [0.05, 0.1) is 0 Å². The number of pyridine rings is 1. The molecule has 0 aromatic carbocycles. The largest absolute Gasteiger partial charge is 0.348 e. The van der Waals surface area contributed by atoms with Crippen LogP contribution in [0.15, 0.2) is 23.1 Å². The van der Waals surface area contributed by atoms with Crippen LogP contribution in [0.1, 0.15) is 16.8 Å². The van der Waals surface area contributed by atoms with Crippen molar-refractivity contribution < 1.29 is 4.79 Å². The van der Waals surface area contributed by atoms with Gasteiger partial charge in [-0.05, 0) is 25.1 Å². The maximum Gasteiger partial charge on any atom is 0.260 e. The number of hydrogen-bond acceptors (Lipinski definition) is 3. The van der Waals surface area contributed by atoms with Gasteiger partial charge in [0.15, 0.2) is 0 Å². The van der Waals surface area contributed by atoms with Crippen LogP contribution in [0, 0.1) is 0 Å². The zero-order valence-corrected chi connectivity index (χ0v) is 8.25. The molecule has 0 saturated carbocycles. The normalized spacial score (nSPS) is 20.1. The van der Waals surface area contributed by atoms with Crippen LogP contribution in [0.5, 0.6) is 0 Å². The van der Waals surface area contributed by atoms with Gasteiger partial charge in [0.1, 0.15) is 5.56 Å². The molecule has 0 radical (unpaired) electrons. The third-order valence-electron chi connectivity index (χ3n) is 2.46. The van der Waals surface area contributed by atoms with Gasteiger partial charge in [0.2, 0.25) is 0 Å². The molecule has 0 aliphatic carbocycles. The lowest BCUT2D eigenvalue weighted by atomic mass is 10.2. The number of H-pyrrole nitrogens is 1. The van der Waals surface area contributed by atoms with Crippen molar-refractivity contribution in [3.63, 3.8) is 0 Å². The minimum atomic E-state index is -0.346. The van der Waals surface area contributed by atoms with Crippen LogP contribution in [0.25, 0.3) is 0 Å². The molecule has 1 amide bonds. The molecule has 1 saturated heterocycles. The van der Waals surface area contributed by atoms with Gasteiger partial charge >= 0.3 is 0 Å². The maximum absolute atomic E-state index is 11.7. The molecular weight excluding hydrogens is 194 g/mol. The molecule has 1 atom stereocenters. The summed E-state index contributed by atoms with van der Waals surface area (Å²) >= 11 is 0. The molecule has 2 rings (SSSR count). The van der Waals surface area contributed by atoms with E-state index in [9.17, 15) is 9.59 Å². The van der Waals surface area contributed by atoms with Crippen LogP contribution in [-0.4, -0.2) is 30.0 Å². The molecule has 15 heavy (non-hydrogen) atoms. The second-order valence-electron chi connectivity index (χ2n) is 3.58. The number of aromatic nitrogens is 1. The SMILES string of the molecule is O=C(NC1CCNC1)c1ccc[nH]c1=O. The van der Waals surface area contributed by atoms with Gasteiger partial charge in [-0.1, -0.05) is 0 Å². The summed E-state index contributed by atoms with van der Waals surface area (Å²) < 4.78 is 0. The van der Waals surface area contributed by atoms with E-state index < -0.39 is 0 Å². The minimum Gasteiger partial charge on any atom is -0.348 e. The van der Waals surface area contributed by atoms with Gasteiger partial charge in [-0.15, -0.1) is 0 Å². The molecule has 80 valence electrons. The summed E-state index contributed by atoms with van der Waals surface area (Å²) in [6.45, 7) is 1.69. The molecule has 1 aromatic rings. The van der Waals surface area contributed by atoms with E-state index >= 15 is 0 Å². The summed E-state index contributed by atoms with van der Waals surface area (Å²) in [6, 6.07) is 3.30. The van der Waals surface area contributed by atoms with Crippen LogP contribution in [-0.2, 0) is 0 Å². The predicted octanol–water partition coefficient (Wildman–Crippen LogP) is -0.533. The highest BCUT2D eigenvalue weighted by Gasteiger charge is 2.18. The van der Waals surface area contributed by atoms with Crippen LogP contribution in [0.2, 0.25) is 0 Å². The van der Waals surface area contributed by atoms with E-state index in [1.807, 2.05) is 0 Å². The number of rotatable bonds is 2. The lowest BCUT2D eigenvalue weighted by molar-refractivity contribution is 0.0938. The van der Waals surface area contributed by atoms with Gasteiger partial charge in [-0.2, -0.15) is 0 Å². The van der Waals surface area contributed by atoms with Crippen LogP contribution in [0.4, 0.5) is 0 Å². The van der Waals surface area contributed by atoms with Crippen LogP contribution >= 0.6 is 0 Å². The van der Waals surface area contributed by atoms with E-state index in [2.05, 4.69) is 15.6 Å². The van der Waals surface area contributed by atoms with Gasteiger partial charge in [0.25, 0.3) is 11.5 Å². The van der Waals surface area contributed by atoms with Crippen molar-refractivity contribution in [1.29, 1.82) is 0 Å². The Morgan fingerprint density at radius 1 is 1.53 bits per heavy atom. The number of nitrogens with one attached hydrogen (secondary N) is 3. The Morgan fingerprint density at radius 2 is 2.40 bits per heavy atom. The summed E-state index contributed by atoms with van der Waals surface area (Å²) in [5, 5.41) is 5.96. The highest BCUT2D eigenvalue weighted by Crippen LogP contribution is 1.98. The number of aromatic amines is 1. The second-order valence-corrected chi connectivity index (χ2v) is 3.58. The maximum atomic E-state index is 11.7. The van der Waals surface area contributed by atoms with Crippen molar-refractivity contribution in [3.05, 3.63) is 34.2 Å². The molecule has 0 spiro atoms. The quantitative estimate of drug-likeness (QED) is 0.610. The molecule has 1 aliphatic heterocycles. The fourth-order valence-electron chi connectivity index (χ4n) is 1.64. The molecule has 3 N–H and O–H groups in total. The molecular formula is C10H13N3O2. The Bertz CT molecular complexity index is 407. The van der Waals surface area contributed by atoms with Crippen molar-refractivity contribution in [3.8, 4) is 0 Å². The van der Waals surface area contributed by atoms with E-state index in [0.717, 1.165) is 19.5 Å². The molecule has 1 aliphatic rings. The average Bonchev–Trinajstić information content (AvgIpc) is 2.71. The number of amides is 1. The summed E-state index contributed by atoms with van der Waals surface area (Å²) in [7, 11) is 0. The molecule has 5 heteroatoms. The van der Waals surface area contributed by atoms with Crippen molar-refractivity contribution in [2.75, 3.05) is 13.1 Å². The molecule has 0 bridgehead atoms. The highest BCUT2D eigenvalue weighted by atomic mass is 16.2. The fraction of sp³-hybridized carbons (Fsp3) is 0.400. The molecule has 1 aromatic heterocycles.